The molecule has 1 aromatic carbocycles. The molecule has 0 bridgehead atoms. The average molecular weight is 282 g/mol. The number of aromatic nitrogens is 1. The molecule has 1 fully saturated rings. The van der Waals surface area contributed by atoms with Gasteiger partial charge in [0.15, 0.2) is 0 Å². The monoisotopic (exact) mass is 282 g/mol. The van der Waals surface area contributed by atoms with Crippen LogP contribution in [0.1, 0.15) is 39.5 Å². The Morgan fingerprint density at radius 1 is 1.29 bits per heavy atom. The summed E-state index contributed by atoms with van der Waals surface area (Å²) in [6, 6.07) is 9.94. The highest BCUT2D eigenvalue weighted by Crippen LogP contribution is 2.39. The van der Waals surface area contributed by atoms with Gasteiger partial charge in [-0.25, -0.2) is 0 Å². The van der Waals surface area contributed by atoms with Crippen molar-refractivity contribution >= 4 is 22.5 Å². The third-order valence-corrected chi connectivity index (χ3v) is 4.77. The van der Waals surface area contributed by atoms with Gasteiger partial charge in [0.05, 0.1) is 17.4 Å². The van der Waals surface area contributed by atoms with E-state index in [9.17, 15) is 4.79 Å². The first-order valence-corrected chi connectivity index (χ1v) is 7.73. The summed E-state index contributed by atoms with van der Waals surface area (Å²) in [5.74, 6) is 0.875. The number of rotatable bonds is 2. The number of hydrogen-bond acceptors (Lipinski definition) is 2. The Bertz CT molecular complexity index is 657. The number of amides is 1. The first kappa shape index (κ1) is 14.1. The van der Waals surface area contributed by atoms with Gasteiger partial charge < -0.3 is 5.32 Å². The second kappa shape index (κ2) is 5.47. The minimum atomic E-state index is -0.238. The van der Waals surface area contributed by atoms with Gasteiger partial charge in [-0.15, -0.1) is 0 Å². The molecule has 1 aliphatic rings. The second-order valence-electron chi connectivity index (χ2n) is 6.61. The number of hydrogen-bond donors (Lipinski definition) is 1. The number of para-hydroxylation sites is 1. The van der Waals surface area contributed by atoms with E-state index >= 15 is 0 Å². The maximum atomic E-state index is 12.6. The van der Waals surface area contributed by atoms with Crippen molar-refractivity contribution in [2.75, 3.05) is 5.32 Å². The smallest absolute Gasteiger partial charge is 0.230 e. The Morgan fingerprint density at radius 3 is 2.76 bits per heavy atom. The van der Waals surface area contributed by atoms with Crippen molar-refractivity contribution in [3.8, 4) is 0 Å². The van der Waals surface area contributed by atoms with E-state index in [1.807, 2.05) is 30.3 Å². The zero-order chi connectivity index (χ0) is 14.9. The Morgan fingerprint density at radius 2 is 2.00 bits per heavy atom. The molecule has 0 saturated heterocycles. The molecule has 0 radical (unpaired) electrons. The van der Waals surface area contributed by atoms with Crippen molar-refractivity contribution in [2.24, 2.45) is 11.3 Å². The van der Waals surface area contributed by atoms with Gasteiger partial charge in [0.2, 0.25) is 5.91 Å². The zero-order valence-electron chi connectivity index (χ0n) is 12.7. The number of nitrogens with one attached hydrogen (secondary N) is 1. The van der Waals surface area contributed by atoms with Crippen LogP contribution in [-0.2, 0) is 4.79 Å². The predicted molar refractivity (Wildman–Crippen MR) is 86.1 cm³/mol. The fraction of sp³-hybridized carbons (Fsp3) is 0.444. The topological polar surface area (TPSA) is 42.0 Å². The number of carbonyl (C=O) groups excluding carboxylic acids is 1. The standard InChI is InChI=1S/C18H22N2O/c1-13-7-9-18(2,10-8-13)17(21)20-15-11-14-5-3-4-6-16(14)19-12-15/h3-6,11-13H,7-10H2,1-2H3,(H,20,21). The van der Waals surface area contributed by atoms with Crippen LogP contribution in [0.4, 0.5) is 5.69 Å². The lowest BCUT2D eigenvalue weighted by atomic mass is 9.71. The van der Waals surface area contributed by atoms with Gasteiger partial charge in [0, 0.05) is 10.8 Å². The number of pyridine rings is 1. The highest BCUT2D eigenvalue weighted by Gasteiger charge is 2.36. The highest BCUT2D eigenvalue weighted by atomic mass is 16.2. The zero-order valence-corrected chi connectivity index (χ0v) is 12.7. The molecule has 2 aromatic rings. The van der Waals surface area contributed by atoms with Crippen LogP contribution in [-0.4, -0.2) is 10.9 Å². The average Bonchev–Trinajstić information content (AvgIpc) is 2.50. The van der Waals surface area contributed by atoms with E-state index < -0.39 is 0 Å². The molecular weight excluding hydrogens is 260 g/mol. The molecular formula is C18H22N2O. The molecule has 0 aliphatic heterocycles. The third kappa shape index (κ3) is 2.92. The Kier molecular flexibility index (Phi) is 3.66. The summed E-state index contributed by atoms with van der Waals surface area (Å²) in [7, 11) is 0. The normalized spacial score (nSPS) is 25.7. The van der Waals surface area contributed by atoms with Gasteiger partial charge in [-0.1, -0.05) is 32.0 Å². The number of carbonyl (C=O) groups is 1. The van der Waals surface area contributed by atoms with Gasteiger partial charge in [0.25, 0.3) is 0 Å². The van der Waals surface area contributed by atoms with Crippen LogP contribution in [0, 0.1) is 11.3 Å². The first-order chi connectivity index (χ1) is 10.1. The third-order valence-electron chi connectivity index (χ3n) is 4.77. The van der Waals surface area contributed by atoms with E-state index in [4.69, 9.17) is 0 Å². The summed E-state index contributed by atoms with van der Waals surface area (Å²) < 4.78 is 0. The van der Waals surface area contributed by atoms with E-state index in [1.165, 1.54) is 0 Å². The number of anilines is 1. The predicted octanol–water partition coefficient (Wildman–Crippen LogP) is 4.39. The molecule has 21 heavy (non-hydrogen) atoms. The van der Waals surface area contributed by atoms with Crippen molar-refractivity contribution in [1.82, 2.24) is 4.98 Å². The Hall–Kier alpha value is -1.90. The Labute approximate surface area is 125 Å². The molecule has 0 atom stereocenters. The molecule has 3 rings (SSSR count). The minimum absolute atomic E-state index is 0.131. The molecule has 3 heteroatoms. The molecule has 1 aliphatic carbocycles. The summed E-state index contributed by atoms with van der Waals surface area (Å²) in [5, 5.41) is 4.11. The van der Waals surface area contributed by atoms with Crippen molar-refractivity contribution in [3.63, 3.8) is 0 Å². The van der Waals surface area contributed by atoms with Crippen LogP contribution >= 0.6 is 0 Å². The summed E-state index contributed by atoms with van der Waals surface area (Å²) in [4.78, 5) is 17.0. The maximum Gasteiger partial charge on any atom is 0.230 e. The maximum absolute atomic E-state index is 12.6. The van der Waals surface area contributed by atoms with E-state index in [2.05, 4.69) is 24.1 Å². The summed E-state index contributed by atoms with van der Waals surface area (Å²) in [5.41, 5.74) is 1.50. The van der Waals surface area contributed by atoms with Gasteiger partial charge in [-0.3, -0.25) is 9.78 Å². The SMILES string of the molecule is CC1CCC(C)(C(=O)Nc2cnc3ccccc3c2)CC1. The molecule has 1 amide bonds. The fourth-order valence-corrected chi connectivity index (χ4v) is 3.05. The second-order valence-corrected chi connectivity index (χ2v) is 6.61. The van der Waals surface area contributed by atoms with Crippen LogP contribution in [0.25, 0.3) is 10.9 Å². The van der Waals surface area contributed by atoms with E-state index in [0.29, 0.717) is 0 Å². The van der Waals surface area contributed by atoms with E-state index in [0.717, 1.165) is 48.2 Å². The molecule has 1 aromatic heterocycles. The van der Waals surface area contributed by atoms with Crippen LogP contribution in [0.2, 0.25) is 0 Å². The van der Waals surface area contributed by atoms with Gasteiger partial charge >= 0.3 is 0 Å². The molecule has 0 unspecified atom stereocenters. The summed E-state index contributed by atoms with van der Waals surface area (Å²) in [6.07, 6.45) is 5.97. The minimum Gasteiger partial charge on any atom is -0.324 e. The van der Waals surface area contributed by atoms with Crippen molar-refractivity contribution in [3.05, 3.63) is 36.5 Å². The largest absolute Gasteiger partial charge is 0.324 e. The van der Waals surface area contributed by atoms with Gasteiger partial charge in [0.1, 0.15) is 0 Å². The number of benzene rings is 1. The quantitative estimate of drug-likeness (QED) is 0.887. The lowest BCUT2D eigenvalue weighted by molar-refractivity contribution is -0.126. The Balaban J connectivity index is 1.76. The molecule has 0 spiro atoms. The van der Waals surface area contributed by atoms with Gasteiger partial charge in [-0.05, 0) is 43.7 Å². The van der Waals surface area contributed by atoms with Crippen molar-refractivity contribution in [1.29, 1.82) is 0 Å². The molecule has 3 nitrogen and oxygen atoms in total. The number of fused-ring (bicyclic) bond motifs is 1. The first-order valence-electron chi connectivity index (χ1n) is 7.73. The highest BCUT2D eigenvalue weighted by molar-refractivity contribution is 5.96. The summed E-state index contributed by atoms with van der Waals surface area (Å²) in [6.45, 7) is 4.35. The molecule has 1 heterocycles. The molecule has 1 saturated carbocycles. The lowest BCUT2D eigenvalue weighted by Crippen LogP contribution is -2.36. The summed E-state index contributed by atoms with van der Waals surface area (Å²) >= 11 is 0. The molecule has 1 N–H and O–H groups in total. The van der Waals surface area contributed by atoms with E-state index in [1.54, 1.807) is 6.20 Å². The van der Waals surface area contributed by atoms with Crippen molar-refractivity contribution < 1.29 is 4.79 Å². The van der Waals surface area contributed by atoms with Gasteiger partial charge in [-0.2, -0.15) is 0 Å². The van der Waals surface area contributed by atoms with E-state index in [-0.39, 0.29) is 11.3 Å². The molecule has 110 valence electrons. The fourth-order valence-electron chi connectivity index (χ4n) is 3.05. The lowest BCUT2D eigenvalue weighted by Gasteiger charge is -2.34. The van der Waals surface area contributed by atoms with Crippen LogP contribution < -0.4 is 5.32 Å². The van der Waals surface area contributed by atoms with Crippen LogP contribution in [0.3, 0.4) is 0 Å². The van der Waals surface area contributed by atoms with Crippen LogP contribution in [0.15, 0.2) is 36.5 Å². The van der Waals surface area contributed by atoms with Crippen LogP contribution in [0.5, 0.6) is 0 Å². The van der Waals surface area contributed by atoms with Crippen molar-refractivity contribution in [2.45, 2.75) is 39.5 Å². The number of nitrogens with zero attached hydrogens (tertiary/aromatic N) is 1.